The molecule has 0 saturated heterocycles. The van der Waals surface area contributed by atoms with Gasteiger partial charge in [-0.05, 0) is 26.0 Å². The van der Waals surface area contributed by atoms with E-state index in [0.29, 0.717) is 0 Å². The van der Waals surface area contributed by atoms with E-state index in [1.807, 2.05) is 86.6 Å². The number of nitrogens with zero attached hydrogens (tertiary/aromatic N) is 4. The fourth-order valence-electron chi connectivity index (χ4n) is 2.28. The van der Waals surface area contributed by atoms with Crippen LogP contribution in [0.4, 0.5) is 0 Å². The van der Waals surface area contributed by atoms with E-state index in [-0.39, 0.29) is 0 Å². The second-order valence-corrected chi connectivity index (χ2v) is 5.47. The van der Waals surface area contributed by atoms with E-state index < -0.39 is 0 Å². The number of rotatable bonds is 2. The second kappa shape index (κ2) is 7.42. The van der Waals surface area contributed by atoms with E-state index in [1.54, 1.807) is 0 Å². The average molecular weight is 314 g/mol. The lowest BCUT2D eigenvalue weighted by atomic mass is 10.1. The first-order chi connectivity index (χ1) is 11.7. The Kier molecular flexibility index (Phi) is 4.87. The first kappa shape index (κ1) is 15.7. The molecule has 1 heterocycles. The molecule has 0 amide bonds. The van der Waals surface area contributed by atoms with Gasteiger partial charge in [-0.25, -0.2) is 0 Å². The predicted octanol–water partition coefficient (Wildman–Crippen LogP) is 4.34. The quantitative estimate of drug-likeness (QED) is 0.706. The number of hydrogen-bond donors (Lipinski definition) is 0. The van der Waals surface area contributed by atoms with Crippen molar-refractivity contribution in [1.82, 2.24) is 20.4 Å². The molecule has 0 aliphatic rings. The highest BCUT2D eigenvalue weighted by Crippen LogP contribution is 2.17. The fraction of sp³-hybridized carbons (Fsp3) is 0.100. The van der Waals surface area contributed by atoms with Crippen LogP contribution < -0.4 is 0 Å². The molecule has 118 valence electrons. The summed E-state index contributed by atoms with van der Waals surface area (Å²) in [6, 6.07) is 23.7. The zero-order chi connectivity index (χ0) is 16.8. The van der Waals surface area contributed by atoms with Crippen molar-refractivity contribution in [3.05, 3.63) is 84.2 Å². The third-order valence-corrected chi connectivity index (χ3v) is 3.46. The number of benzene rings is 2. The van der Waals surface area contributed by atoms with Gasteiger partial charge in [0.05, 0.1) is 22.8 Å². The summed E-state index contributed by atoms with van der Waals surface area (Å²) in [5, 5.41) is 17.5. The summed E-state index contributed by atoms with van der Waals surface area (Å²) in [6.07, 6.45) is 0. The predicted molar refractivity (Wildman–Crippen MR) is 95.6 cm³/mol. The molecular weight excluding hydrogens is 296 g/mol. The Bertz CT molecular complexity index is 801. The smallest absolute Gasteiger partial charge is 0.0948 e. The summed E-state index contributed by atoms with van der Waals surface area (Å²) < 4.78 is 0. The highest BCUT2D eigenvalue weighted by Gasteiger charge is 2.01. The Morgan fingerprint density at radius 3 is 1.25 bits per heavy atom. The SMILES string of the molecule is Cc1cc(-c2ccccc2)nnc(-c2ccccc2)cc(C)nn1. The molecule has 0 aliphatic carbocycles. The van der Waals surface area contributed by atoms with Gasteiger partial charge < -0.3 is 0 Å². The molecule has 0 aliphatic heterocycles. The summed E-state index contributed by atoms with van der Waals surface area (Å²) in [5.41, 5.74) is 5.06. The monoisotopic (exact) mass is 314 g/mol. The van der Waals surface area contributed by atoms with Crippen LogP contribution in [0.25, 0.3) is 22.5 Å². The van der Waals surface area contributed by atoms with Crippen molar-refractivity contribution in [3.8, 4) is 22.5 Å². The molecule has 0 spiro atoms. The first-order valence-electron chi connectivity index (χ1n) is 7.77. The van der Waals surface area contributed by atoms with Gasteiger partial charge in [0.25, 0.3) is 0 Å². The molecule has 0 saturated carbocycles. The molecule has 0 fully saturated rings. The van der Waals surface area contributed by atoms with E-state index in [0.717, 1.165) is 33.9 Å². The van der Waals surface area contributed by atoms with Crippen LogP contribution >= 0.6 is 0 Å². The minimum Gasteiger partial charge on any atom is -0.156 e. The maximum atomic E-state index is 4.48. The summed E-state index contributed by atoms with van der Waals surface area (Å²) in [4.78, 5) is 0. The summed E-state index contributed by atoms with van der Waals surface area (Å²) in [6.45, 7) is 3.80. The molecule has 24 heavy (non-hydrogen) atoms. The number of hydrogen-bond acceptors (Lipinski definition) is 4. The molecule has 1 aromatic heterocycles. The standard InChI is InChI=1S/C20H18N4/c1-15-13-19(17-9-5-3-6-10-17)23-24-20(14-16(2)22-21-15)18-11-7-4-8-12-18/h3-14H,1-2H3. The van der Waals surface area contributed by atoms with Crippen LogP contribution in [0.1, 0.15) is 11.4 Å². The lowest BCUT2D eigenvalue weighted by molar-refractivity contribution is 0.948. The van der Waals surface area contributed by atoms with Crippen molar-refractivity contribution >= 4 is 0 Å². The van der Waals surface area contributed by atoms with Gasteiger partial charge in [-0.1, -0.05) is 60.7 Å². The van der Waals surface area contributed by atoms with Crippen LogP contribution in [-0.4, -0.2) is 20.4 Å². The van der Waals surface area contributed by atoms with Gasteiger partial charge in [0.1, 0.15) is 0 Å². The van der Waals surface area contributed by atoms with Crippen molar-refractivity contribution in [2.24, 2.45) is 0 Å². The highest BCUT2D eigenvalue weighted by atomic mass is 15.1. The summed E-state index contributed by atoms with van der Waals surface area (Å²) in [7, 11) is 0. The molecule has 0 atom stereocenters. The fourth-order valence-corrected chi connectivity index (χ4v) is 2.28. The van der Waals surface area contributed by atoms with Gasteiger partial charge in [-0.15, -0.1) is 10.2 Å². The number of aryl methyl sites for hydroxylation is 2. The molecule has 0 radical (unpaired) electrons. The molecule has 3 rings (SSSR count). The van der Waals surface area contributed by atoms with Gasteiger partial charge in [0.15, 0.2) is 0 Å². The molecule has 4 heteroatoms. The van der Waals surface area contributed by atoms with E-state index in [2.05, 4.69) is 20.4 Å². The third-order valence-electron chi connectivity index (χ3n) is 3.46. The third kappa shape index (κ3) is 3.98. The molecule has 3 aromatic rings. The molecular formula is C20H18N4. The molecule has 0 N–H and O–H groups in total. The zero-order valence-corrected chi connectivity index (χ0v) is 13.7. The van der Waals surface area contributed by atoms with Crippen molar-refractivity contribution in [1.29, 1.82) is 0 Å². The van der Waals surface area contributed by atoms with Crippen molar-refractivity contribution in [2.45, 2.75) is 13.8 Å². The molecule has 2 aromatic carbocycles. The highest BCUT2D eigenvalue weighted by molar-refractivity contribution is 5.60. The lowest BCUT2D eigenvalue weighted by Gasteiger charge is -2.00. The van der Waals surface area contributed by atoms with Crippen LogP contribution in [-0.2, 0) is 0 Å². The molecule has 0 unspecified atom stereocenters. The van der Waals surface area contributed by atoms with Crippen molar-refractivity contribution < 1.29 is 0 Å². The Balaban J connectivity index is 2.23. The summed E-state index contributed by atoms with van der Waals surface area (Å²) in [5.74, 6) is 0. The zero-order valence-electron chi connectivity index (χ0n) is 13.7. The first-order valence-corrected chi connectivity index (χ1v) is 7.77. The topological polar surface area (TPSA) is 51.6 Å². The minimum absolute atomic E-state index is 0.758. The Hall–Kier alpha value is -3.14. The van der Waals surface area contributed by atoms with Crippen LogP contribution in [0.15, 0.2) is 72.8 Å². The van der Waals surface area contributed by atoms with E-state index in [9.17, 15) is 0 Å². The average Bonchev–Trinajstić information content (AvgIpc) is 2.63. The summed E-state index contributed by atoms with van der Waals surface area (Å²) >= 11 is 0. The Morgan fingerprint density at radius 1 is 0.500 bits per heavy atom. The lowest BCUT2D eigenvalue weighted by Crippen LogP contribution is -1.92. The Morgan fingerprint density at radius 2 is 0.875 bits per heavy atom. The normalized spacial score (nSPS) is 10.1. The number of aromatic nitrogens is 4. The van der Waals surface area contributed by atoms with Crippen LogP contribution in [0, 0.1) is 13.8 Å². The second-order valence-electron chi connectivity index (χ2n) is 5.47. The molecule has 0 bridgehead atoms. The van der Waals surface area contributed by atoms with Crippen molar-refractivity contribution in [2.75, 3.05) is 0 Å². The van der Waals surface area contributed by atoms with E-state index in [1.165, 1.54) is 0 Å². The van der Waals surface area contributed by atoms with Gasteiger partial charge in [0.2, 0.25) is 0 Å². The van der Waals surface area contributed by atoms with Gasteiger partial charge in [0, 0.05) is 11.1 Å². The molecule has 4 nitrogen and oxygen atoms in total. The maximum absolute atomic E-state index is 4.48. The van der Waals surface area contributed by atoms with E-state index in [4.69, 9.17) is 0 Å². The maximum Gasteiger partial charge on any atom is 0.0948 e. The minimum atomic E-state index is 0.758. The van der Waals surface area contributed by atoms with Crippen molar-refractivity contribution in [3.63, 3.8) is 0 Å². The van der Waals surface area contributed by atoms with Crippen LogP contribution in [0.5, 0.6) is 0 Å². The van der Waals surface area contributed by atoms with Gasteiger partial charge in [-0.2, -0.15) is 10.2 Å². The van der Waals surface area contributed by atoms with Crippen LogP contribution in [0.3, 0.4) is 0 Å². The van der Waals surface area contributed by atoms with Gasteiger partial charge in [-0.3, -0.25) is 0 Å². The van der Waals surface area contributed by atoms with E-state index >= 15 is 0 Å². The largest absolute Gasteiger partial charge is 0.156 e. The van der Waals surface area contributed by atoms with Crippen LogP contribution in [0.2, 0.25) is 0 Å². The van der Waals surface area contributed by atoms with Gasteiger partial charge >= 0.3 is 0 Å². The Labute approximate surface area is 141 Å².